The molecule has 0 saturated heterocycles. The van der Waals surface area contributed by atoms with E-state index >= 15 is 0 Å². The van der Waals surface area contributed by atoms with Crippen LogP contribution in [0.15, 0.2) is 24.3 Å². The number of carboxylic acid groups (broad SMARTS) is 2. The molecule has 14 heavy (non-hydrogen) atoms. The van der Waals surface area contributed by atoms with E-state index in [4.69, 9.17) is 10.2 Å². The summed E-state index contributed by atoms with van der Waals surface area (Å²) in [7, 11) is 0. The average Bonchev–Trinajstić information content (AvgIpc) is 2.12. The highest BCUT2D eigenvalue weighted by Crippen LogP contribution is 2.24. The third-order valence-electron chi connectivity index (χ3n) is 2.11. The number of rotatable bonds is 5. The van der Waals surface area contributed by atoms with E-state index in [1.165, 1.54) is 26.0 Å². The number of carboxylic acids is 2. The van der Waals surface area contributed by atoms with Gasteiger partial charge < -0.3 is 10.2 Å². The van der Waals surface area contributed by atoms with Crippen molar-refractivity contribution in [3.8, 4) is 0 Å². The van der Waals surface area contributed by atoms with E-state index in [-0.39, 0.29) is 12.0 Å². The molecule has 1 unspecified atom stereocenters. The van der Waals surface area contributed by atoms with Gasteiger partial charge in [-0.2, -0.15) is 0 Å². The van der Waals surface area contributed by atoms with Gasteiger partial charge in [0.2, 0.25) is 0 Å². The Hall–Kier alpha value is -1.58. The lowest BCUT2D eigenvalue weighted by atomic mass is 9.86. The molecule has 4 heteroatoms. The maximum Gasteiger partial charge on any atom is 0.330 e. The lowest BCUT2D eigenvalue weighted by Gasteiger charge is -2.17. The summed E-state index contributed by atoms with van der Waals surface area (Å²) < 4.78 is 0. The summed E-state index contributed by atoms with van der Waals surface area (Å²) in [6, 6.07) is 0. The fraction of sp³-hybridized carbons (Fsp3) is 0.400. The van der Waals surface area contributed by atoms with Crippen LogP contribution in [-0.2, 0) is 9.59 Å². The molecule has 0 radical (unpaired) electrons. The zero-order valence-corrected chi connectivity index (χ0v) is 8.28. The molecule has 78 valence electrons. The summed E-state index contributed by atoms with van der Waals surface area (Å²) in [6.07, 6.45) is 2.82. The molecule has 0 spiro atoms. The van der Waals surface area contributed by atoms with Crippen LogP contribution in [0.3, 0.4) is 0 Å². The van der Waals surface area contributed by atoms with Crippen LogP contribution in [0.25, 0.3) is 0 Å². The van der Waals surface area contributed by atoms with Crippen molar-refractivity contribution in [3.63, 3.8) is 0 Å². The molecule has 0 aromatic carbocycles. The summed E-state index contributed by atoms with van der Waals surface area (Å²) in [5.41, 5.74) is -0.962. The predicted octanol–water partition coefficient (Wildman–Crippen LogP) is 1.68. The van der Waals surface area contributed by atoms with E-state index in [1.807, 2.05) is 0 Å². The number of aliphatic carboxylic acids is 2. The smallest absolute Gasteiger partial charge is 0.330 e. The Morgan fingerprint density at radius 1 is 1.43 bits per heavy atom. The Labute approximate surface area is 82.6 Å². The molecule has 0 amide bonds. The fourth-order valence-electron chi connectivity index (χ4n) is 0.710. The molecular weight excluding hydrogens is 184 g/mol. The first-order valence-corrected chi connectivity index (χ1v) is 4.10. The van der Waals surface area contributed by atoms with Gasteiger partial charge in [-0.3, -0.25) is 4.79 Å². The van der Waals surface area contributed by atoms with E-state index in [1.54, 1.807) is 0 Å². The van der Waals surface area contributed by atoms with Crippen molar-refractivity contribution in [1.29, 1.82) is 0 Å². The van der Waals surface area contributed by atoms with Crippen LogP contribution in [0.4, 0.5) is 0 Å². The van der Waals surface area contributed by atoms with Crippen LogP contribution in [0.2, 0.25) is 0 Å². The first-order valence-electron chi connectivity index (χ1n) is 4.10. The van der Waals surface area contributed by atoms with Gasteiger partial charge in [0.15, 0.2) is 0 Å². The largest absolute Gasteiger partial charge is 0.481 e. The van der Waals surface area contributed by atoms with Crippen molar-refractivity contribution in [2.24, 2.45) is 5.41 Å². The lowest BCUT2D eigenvalue weighted by Crippen LogP contribution is -2.24. The van der Waals surface area contributed by atoms with Gasteiger partial charge in [-0.1, -0.05) is 12.2 Å². The minimum atomic E-state index is -1.10. The molecule has 0 fully saturated rings. The van der Waals surface area contributed by atoms with Crippen molar-refractivity contribution >= 4 is 11.9 Å². The van der Waals surface area contributed by atoms with E-state index in [0.717, 1.165) is 0 Å². The van der Waals surface area contributed by atoms with Gasteiger partial charge in [0.05, 0.1) is 5.41 Å². The second-order valence-electron chi connectivity index (χ2n) is 3.32. The Bertz CT molecular complexity index is 290. The van der Waals surface area contributed by atoms with Crippen molar-refractivity contribution < 1.29 is 19.8 Å². The summed E-state index contributed by atoms with van der Waals surface area (Å²) >= 11 is 0. The summed E-state index contributed by atoms with van der Waals surface area (Å²) in [5.74, 6) is -2.05. The van der Waals surface area contributed by atoms with E-state index in [9.17, 15) is 9.59 Å². The Morgan fingerprint density at radius 3 is 2.21 bits per heavy atom. The topological polar surface area (TPSA) is 74.6 Å². The SMILES string of the molecule is C=CC(C)(C/C=C(\C)C(=O)O)C(=O)O. The number of allylic oxidation sites excluding steroid dienone is 1. The molecule has 0 aliphatic rings. The quantitative estimate of drug-likeness (QED) is 0.520. The molecule has 0 aromatic rings. The van der Waals surface area contributed by atoms with Crippen LogP contribution in [0.5, 0.6) is 0 Å². The first-order chi connectivity index (χ1) is 6.33. The summed E-state index contributed by atoms with van der Waals surface area (Å²) in [4.78, 5) is 21.2. The van der Waals surface area contributed by atoms with Crippen LogP contribution >= 0.6 is 0 Å². The van der Waals surface area contributed by atoms with Gasteiger partial charge in [0.25, 0.3) is 0 Å². The lowest BCUT2D eigenvalue weighted by molar-refractivity contribution is -0.145. The van der Waals surface area contributed by atoms with Gasteiger partial charge in [0, 0.05) is 5.57 Å². The summed E-state index contributed by atoms with van der Waals surface area (Å²) in [6.45, 7) is 6.34. The van der Waals surface area contributed by atoms with Crippen LogP contribution < -0.4 is 0 Å². The van der Waals surface area contributed by atoms with E-state index in [2.05, 4.69) is 6.58 Å². The molecule has 0 bridgehead atoms. The average molecular weight is 198 g/mol. The second-order valence-corrected chi connectivity index (χ2v) is 3.32. The maximum atomic E-state index is 10.8. The monoisotopic (exact) mass is 198 g/mol. The van der Waals surface area contributed by atoms with Gasteiger partial charge in [-0.05, 0) is 20.3 Å². The number of carbonyl (C=O) groups is 2. The molecule has 0 heterocycles. The zero-order chi connectivity index (χ0) is 11.4. The molecule has 2 N–H and O–H groups in total. The Kier molecular flexibility index (Phi) is 4.08. The predicted molar refractivity (Wildman–Crippen MR) is 51.9 cm³/mol. The third-order valence-corrected chi connectivity index (χ3v) is 2.11. The van der Waals surface area contributed by atoms with Crippen molar-refractivity contribution in [2.75, 3.05) is 0 Å². The third kappa shape index (κ3) is 3.05. The molecule has 0 aliphatic carbocycles. The van der Waals surface area contributed by atoms with Crippen LogP contribution in [0.1, 0.15) is 20.3 Å². The highest BCUT2D eigenvalue weighted by atomic mass is 16.4. The molecule has 0 aliphatic heterocycles. The fourth-order valence-corrected chi connectivity index (χ4v) is 0.710. The molecule has 1 atom stereocenters. The first kappa shape index (κ1) is 12.4. The maximum absolute atomic E-state index is 10.8. The zero-order valence-electron chi connectivity index (χ0n) is 8.28. The van der Waals surface area contributed by atoms with E-state index in [0.29, 0.717) is 0 Å². The minimum absolute atomic E-state index is 0.129. The van der Waals surface area contributed by atoms with Gasteiger partial charge in [0.1, 0.15) is 0 Å². The second kappa shape index (κ2) is 4.60. The standard InChI is InChI=1S/C10H14O4/c1-4-10(3,9(13)14)6-5-7(2)8(11)12/h4-5H,1,6H2,2-3H3,(H,11,12)(H,13,14)/b7-5+. The van der Waals surface area contributed by atoms with Crippen LogP contribution in [-0.4, -0.2) is 22.2 Å². The molecular formula is C10H14O4. The van der Waals surface area contributed by atoms with Gasteiger partial charge >= 0.3 is 11.9 Å². The van der Waals surface area contributed by atoms with Crippen molar-refractivity contribution in [1.82, 2.24) is 0 Å². The normalized spacial score (nSPS) is 15.7. The molecule has 4 nitrogen and oxygen atoms in total. The molecule has 0 saturated carbocycles. The molecule has 0 aromatic heterocycles. The summed E-state index contributed by atoms with van der Waals surface area (Å²) in [5, 5.41) is 17.4. The van der Waals surface area contributed by atoms with Crippen LogP contribution in [0, 0.1) is 5.41 Å². The minimum Gasteiger partial charge on any atom is -0.481 e. The van der Waals surface area contributed by atoms with Gasteiger partial charge in [-0.25, -0.2) is 4.79 Å². The van der Waals surface area contributed by atoms with Crippen molar-refractivity contribution in [3.05, 3.63) is 24.3 Å². The van der Waals surface area contributed by atoms with Crippen molar-refractivity contribution in [2.45, 2.75) is 20.3 Å². The van der Waals surface area contributed by atoms with Gasteiger partial charge in [-0.15, -0.1) is 6.58 Å². The highest BCUT2D eigenvalue weighted by molar-refractivity contribution is 5.86. The Morgan fingerprint density at radius 2 is 1.93 bits per heavy atom. The molecule has 0 rings (SSSR count). The number of hydrogen-bond donors (Lipinski definition) is 2. The Balaban J connectivity index is 4.66. The highest BCUT2D eigenvalue weighted by Gasteiger charge is 2.28. The number of hydrogen-bond acceptors (Lipinski definition) is 2. The van der Waals surface area contributed by atoms with E-state index < -0.39 is 17.4 Å².